The van der Waals surface area contributed by atoms with Gasteiger partial charge >= 0.3 is 0 Å². The molecular formula is C24H32FN3O3S. The van der Waals surface area contributed by atoms with Crippen LogP contribution in [0, 0.1) is 11.7 Å². The van der Waals surface area contributed by atoms with E-state index in [0.29, 0.717) is 37.9 Å². The van der Waals surface area contributed by atoms with Crippen LogP contribution in [0.25, 0.3) is 0 Å². The lowest BCUT2D eigenvalue weighted by Crippen LogP contribution is -2.52. The van der Waals surface area contributed by atoms with Crippen LogP contribution in [0.4, 0.5) is 10.2 Å². The number of ether oxygens (including phenoxy) is 1. The number of hydrogen-bond acceptors (Lipinski definition) is 5. The van der Waals surface area contributed by atoms with Crippen LogP contribution in [0.3, 0.4) is 0 Å². The maximum atomic E-state index is 13.3. The summed E-state index contributed by atoms with van der Waals surface area (Å²) >= 11 is 0. The van der Waals surface area contributed by atoms with Gasteiger partial charge in [0.1, 0.15) is 11.6 Å². The fraction of sp³-hybridized carbons (Fsp3) is 0.542. The maximum absolute atomic E-state index is 13.3. The van der Waals surface area contributed by atoms with Crippen LogP contribution in [-0.4, -0.2) is 51.5 Å². The van der Waals surface area contributed by atoms with Gasteiger partial charge in [0, 0.05) is 25.0 Å². The Morgan fingerprint density at radius 2 is 1.84 bits per heavy atom. The summed E-state index contributed by atoms with van der Waals surface area (Å²) in [6.07, 6.45) is 7.51. The molecule has 1 aliphatic carbocycles. The minimum absolute atomic E-state index is 0.00262. The third kappa shape index (κ3) is 6.27. The second-order valence-corrected chi connectivity index (χ2v) is 10.8. The number of benzene rings is 1. The molecule has 6 nitrogen and oxygen atoms in total. The van der Waals surface area contributed by atoms with E-state index in [9.17, 15) is 12.8 Å². The first-order chi connectivity index (χ1) is 15.4. The van der Waals surface area contributed by atoms with Crippen LogP contribution < -0.4 is 9.62 Å². The highest BCUT2D eigenvalue weighted by Crippen LogP contribution is 2.34. The topological polar surface area (TPSA) is 71.5 Å². The smallest absolute Gasteiger partial charge is 0.208 e. The summed E-state index contributed by atoms with van der Waals surface area (Å²) in [5.74, 6) is 0.925. The monoisotopic (exact) mass is 461 g/mol. The zero-order chi connectivity index (χ0) is 22.6. The average molecular weight is 462 g/mol. The lowest BCUT2D eigenvalue weighted by Gasteiger charge is -2.40. The van der Waals surface area contributed by atoms with Crippen LogP contribution in [-0.2, 0) is 14.8 Å². The molecule has 1 N–H and O–H groups in total. The molecule has 0 amide bonds. The molecule has 32 heavy (non-hydrogen) atoms. The molecule has 2 heterocycles. The van der Waals surface area contributed by atoms with E-state index in [2.05, 4.69) is 38.9 Å². The molecular weight excluding hydrogens is 429 g/mol. The Labute approximate surface area is 190 Å². The van der Waals surface area contributed by atoms with E-state index < -0.39 is 10.0 Å². The molecule has 1 saturated carbocycles. The standard InChI is InChI=1S/C24H32FN3O3S/c1-32(29,30)27-23-13-14-28(24-12-9-21(25)15-26-24)16-20(23)17-31-22-10-7-19(8-11-22)18-5-3-2-4-6-18/h2-6,9,12,15,19-20,22-23,27H,7-8,10-11,13-14,16-17H2,1H3/t19?,20?,22?,23-/m0/s1. The predicted octanol–water partition coefficient (Wildman–Crippen LogP) is 3.71. The van der Waals surface area contributed by atoms with E-state index in [1.165, 1.54) is 24.1 Å². The molecule has 0 bridgehead atoms. The van der Waals surface area contributed by atoms with E-state index in [-0.39, 0.29) is 23.9 Å². The van der Waals surface area contributed by atoms with Gasteiger partial charge in [-0.1, -0.05) is 30.3 Å². The molecule has 1 aromatic carbocycles. The van der Waals surface area contributed by atoms with E-state index in [0.717, 1.165) is 25.7 Å². The van der Waals surface area contributed by atoms with Crippen LogP contribution in [0.5, 0.6) is 0 Å². The molecule has 2 aliphatic rings. The number of piperidine rings is 1. The Kier molecular flexibility index (Phi) is 7.43. The van der Waals surface area contributed by atoms with Gasteiger partial charge in [-0.3, -0.25) is 0 Å². The number of anilines is 1. The van der Waals surface area contributed by atoms with Crippen LogP contribution in [0.2, 0.25) is 0 Å². The van der Waals surface area contributed by atoms with Crippen molar-refractivity contribution in [2.45, 2.75) is 50.2 Å². The van der Waals surface area contributed by atoms with Crippen LogP contribution in [0.1, 0.15) is 43.6 Å². The molecule has 0 spiro atoms. The third-order valence-electron chi connectivity index (χ3n) is 6.63. The molecule has 2 atom stereocenters. The number of sulfonamides is 1. The first kappa shape index (κ1) is 23.1. The van der Waals surface area contributed by atoms with Crippen molar-refractivity contribution < 1.29 is 17.5 Å². The summed E-state index contributed by atoms with van der Waals surface area (Å²) in [5, 5.41) is 0. The summed E-state index contributed by atoms with van der Waals surface area (Å²) in [5.41, 5.74) is 1.40. The normalized spacial score (nSPS) is 26.8. The fourth-order valence-corrected chi connectivity index (χ4v) is 5.80. The third-order valence-corrected chi connectivity index (χ3v) is 7.36. The number of rotatable bonds is 7. The van der Waals surface area contributed by atoms with E-state index in [1.807, 2.05) is 6.07 Å². The summed E-state index contributed by atoms with van der Waals surface area (Å²) < 4.78 is 46.1. The van der Waals surface area contributed by atoms with Crippen molar-refractivity contribution in [2.75, 3.05) is 30.9 Å². The zero-order valence-electron chi connectivity index (χ0n) is 18.5. The minimum Gasteiger partial charge on any atom is -0.378 e. The van der Waals surface area contributed by atoms with Crippen molar-refractivity contribution in [2.24, 2.45) is 5.92 Å². The molecule has 4 rings (SSSR count). The average Bonchev–Trinajstić information content (AvgIpc) is 2.79. The van der Waals surface area contributed by atoms with E-state index in [1.54, 1.807) is 6.07 Å². The Hall–Kier alpha value is -2.03. The van der Waals surface area contributed by atoms with Crippen molar-refractivity contribution in [3.8, 4) is 0 Å². The number of halogens is 1. The highest BCUT2D eigenvalue weighted by atomic mass is 32.2. The van der Waals surface area contributed by atoms with Crippen molar-refractivity contribution >= 4 is 15.8 Å². The predicted molar refractivity (Wildman–Crippen MR) is 124 cm³/mol. The molecule has 1 unspecified atom stereocenters. The van der Waals surface area contributed by atoms with Crippen LogP contribution >= 0.6 is 0 Å². The Balaban J connectivity index is 1.35. The van der Waals surface area contributed by atoms with Gasteiger partial charge in [0.15, 0.2) is 0 Å². The van der Waals surface area contributed by atoms with Crippen LogP contribution in [0.15, 0.2) is 48.7 Å². The first-order valence-corrected chi connectivity index (χ1v) is 13.3. The quantitative estimate of drug-likeness (QED) is 0.681. The highest BCUT2D eigenvalue weighted by Gasteiger charge is 2.33. The van der Waals surface area contributed by atoms with Gasteiger partial charge in [-0.25, -0.2) is 22.5 Å². The molecule has 1 aliphatic heterocycles. The second kappa shape index (κ2) is 10.3. The number of nitrogens with zero attached hydrogens (tertiary/aromatic N) is 2. The minimum atomic E-state index is -3.31. The molecule has 8 heteroatoms. The van der Waals surface area contributed by atoms with E-state index in [4.69, 9.17) is 4.74 Å². The van der Waals surface area contributed by atoms with E-state index >= 15 is 0 Å². The fourth-order valence-electron chi connectivity index (χ4n) is 4.94. The van der Waals surface area contributed by atoms with Gasteiger partial charge in [0.05, 0.1) is 25.2 Å². The van der Waals surface area contributed by atoms with Gasteiger partial charge in [-0.05, 0) is 55.7 Å². The Bertz CT molecular complexity index is 964. The molecule has 2 fully saturated rings. The molecule has 174 valence electrons. The van der Waals surface area contributed by atoms with Crippen molar-refractivity contribution in [1.82, 2.24) is 9.71 Å². The Morgan fingerprint density at radius 1 is 1.09 bits per heavy atom. The van der Waals surface area contributed by atoms with Crippen molar-refractivity contribution in [3.05, 3.63) is 60.0 Å². The van der Waals surface area contributed by atoms with Crippen molar-refractivity contribution in [3.63, 3.8) is 0 Å². The number of pyridine rings is 1. The van der Waals surface area contributed by atoms with Gasteiger partial charge < -0.3 is 9.64 Å². The van der Waals surface area contributed by atoms with Gasteiger partial charge in [0.25, 0.3) is 0 Å². The number of hydrogen-bond donors (Lipinski definition) is 1. The number of nitrogens with one attached hydrogen (secondary N) is 1. The summed E-state index contributed by atoms with van der Waals surface area (Å²) in [7, 11) is -3.31. The first-order valence-electron chi connectivity index (χ1n) is 11.4. The SMILES string of the molecule is CS(=O)(=O)N[C@H]1CCN(c2ccc(F)cn2)CC1COC1CCC(c2ccccc2)CC1. The molecule has 1 saturated heterocycles. The molecule has 1 aromatic heterocycles. The zero-order valence-corrected chi connectivity index (χ0v) is 19.3. The maximum Gasteiger partial charge on any atom is 0.208 e. The number of aromatic nitrogens is 1. The molecule has 2 aromatic rings. The van der Waals surface area contributed by atoms with Gasteiger partial charge in [-0.15, -0.1) is 0 Å². The van der Waals surface area contributed by atoms with Gasteiger partial charge in [0.2, 0.25) is 10.0 Å². The lowest BCUT2D eigenvalue weighted by molar-refractivity contribution is -0.00213. The summed E-state index contributed by atoms with van der Waals surface area (Å²) in [6.45, 7) is 1.77. The second-order valence-electron chi connectivity index (χ2n) is 9.04. The van der Waals surface area contributed by atoms with Crippen molar-refractivity contribution in [1.29, 1.82) is 0 Å². The lowest BCUT2D eigenvalue weighted by atomic mass is 9.82. The molecule has 0 radical (unpaired) electrons. The highest BCUT2D eigenvalue weighted by molar-refractivity contribution is 7.88. The summed E-state index contributed by atoms with van der Waals surface area (Å²) in [4.78, 5) is 6.28. The van der Waals surface area contributed by atoms with Gasteiger partial charge in [-0.2, -0.15) is 0 Å². The summed E-state index contributed by atoms with van der Waals surface area (Å²) in [6, 6.07) is 13.5. The largest absolute Gasteiger partial charge is 0.378 e. The Morgan fingerprint density at radius 3 is 2.50 bits per heavy atom.